The Morgan fingerprint density at radius 2 is 2.00 bits per heavy atom. The molecular weight excluding hydrogens is 217 g/mol. The van der Waals surface area contributed by atoms with Crippen molar-refractivity contribution in [3.63, 3.8) is 0 Å². The molecule has 16 heavy (non-hydrogen) atoms. The van der Waals surface area contributed by atoms with Crippen LogP contribution in [-0.2, 0) is 25.3 Å². The lowest BCUT2D eigenvalue weighted by atomic mass is 9.94. The summed E-state index contributed by atoms with van der Waals surface area (Å²) in [5, 5.41) is 3.88. The molecule has 1 aromatic heterocycles. The number of fused-ring (bicyclic) bond motifs is 1. The first-order valence-corrected chi connectivity index (χ1v) is 5.63. The van der Waals surface area contributed by atoms with Crippen molar-refractivity contribution in [2.24, 2.45) is 0 Å². The molecule has 0 amide bonds. The fourth-order valence-corrected chi connectivity index (χ4v) is 2.29. The van der Waals surface area contributed by atoms with Crippen LogP contribution in [0.5, 0.6) is 0 Å². The summed E-state index contributed by atoms with van der Waals surface area (Å²) in [7, 11) is 0. The molecule has 5 heteroatoms. The zero-order chi connectivity index (χ0) is 11.8. The molecule has 1 heterocycles. The summed E-state index contributed by atoms with van der Waals surface area (Å²) in [6.07, 6.45) is 3.26. The monoisotopic (exact) mass is 232 g/mol. The average molecular weight is 232 g/mol. The van der Waals surface area contributed by atoms with Crippen molar-refractivity contribution in [2.75, 3.05) is 6.67 Å². The second-order valence-corrected chi connectivity index (χ2v) is 4.13. The summed E-state index contributed by atoms with van der Waals surface area (Å²) in [5.74, 6) is -3.43. The number of rotatable bonds is 3. The SMILES string of the molecule is CCn1nc(C(F)(F)CF)c2c1CCCC2. The second kappa shape index (κ2) is 4.11. The topological polar surface area (TPSA) is 17.8 Å². The van der Waals surface area contributed by atoms with Crippen molar-refractivity contribution < 1.29 is 13.2 Å². The lowest BCUT2D eigenvalue weighted by Crippen LogP contribution is -2.19. The van der Waals surface area contributed by atoms with Crippen LogP contribution < -0.4 is 0 Å². The van der Waals surface area contributed by atoms with E-state index >= 15 is 0 Å². The molecule has 0 aromatic carbocycles. The first kappa shape index (κ1) is 11.5. The highest BCUT2D eigenvalue weighted by molar-refractivity contribution is 5.31. The average Bonchev–Trinajstić information content (AvgIpc) is 2.68. The first-order valence-electron chi connectivity index (χ1n) is 5.63. The minimum atomic E-state index is -3.43. The van der Waals surface area contributed by atoms with E-state index in [1.165, 1.54) is 0 Å². The lowest BCUT2D eigenvalue weighted by molar-refractivity contribution is -0.0334. The molecule has 2 rings (SSSR count). The van der Waals surface area contributed by atoms with E-state index in [1.54, 1.807) is 4.68 Å². The highest BCUT2D eigenvalue weighted by Crippen LogP contribution is 2.35. The normalized spacial score (nSPS) is 16.2. The number of nitrogens with zero attached hydrogens (tertiary/aromatic N) is 2. The number of halogens is 3. The van der Waals surface area contributed by atoms with Crippen molar-refractivity contribution >= 4 is 0 Å². The van der Waals surface area contributed by atoms with E-state index in [1.807, 2.05) is 6.92 Å². The number of hydrogen-bond donors (Lipinski definition) is 0. The van der Waals surface area contributed by atoms with Gasteiger partial charge in [-0.2, -0.15) is 13.9 Å². The lowest BCUT2D eigenvalue weighted by Gasteiger charge is -2.15. The molecule has 0 saturated heterocycles. The standard InChI is InChI=1S/C11H15F3N2/c1-2-16-9-6-4-3-5-8(9)10(15-16)11(13,14)7-12/h2-7H2,1H3. The third-order valence-corrected chi connectivity index (χ3v) is 3.07. The van der Waals surface area contributed by atoms with Crippen LogP contribution in [0.4, 0.5) is 13.2 Å². The van der Waals surface area contributed by atoms with E-state index in [2.05, 4.69) is 5.10 Å². The number of alkyl halides is 3. The zero-order valence-corrected chi connectivity index (χ0v) is 9.27. The molecule has 0 aliphatic heterocycles. The molecule has 1 aromatic rings. The third kappa shape index (κ3) is 1.72. The van der Waals surface area contributed by atoms with Gasteiger partial charge in [-0.3, -0.25) is 4.68 Å². The van der Waals surface area contributed by atoms with Crippen LogP contribution in [-0.4, -0.2) is 16.5 Å². The maximum atomic E-state index is 13.4. The summed E-state index contributed by atoms with van der Waals surface area (Å²) < 4.78 is 40.7. The minimum Gasteiger partial charge on any atom is -0.269 e. The van der Waals surface area contributed by atoms with E-state index in [-0.39, 0.29) is 5.69 Å². The number of aromatic nitrogens is 2. The van der Waals surface area contributed by atoms with E-state index in [9.17, 15) is 13.2 Å². The second-order valence-electron chi connectivity index (χ2n) is 4.13. The minimum absolute atomic E-state index is 0.341. The molecular formula is C11H15F3N2. The van der Waals surface area contributed by atoms with Gasteiger partial charge in [-0.05, 0) is 32.6 Å². The van der Waals surface area contributed by atoms with Crippen LogP contribution in [0.2, 0.25) is 0 Å². The molecule has 0 N–H and O–H groups in total. The highest BCUT2D eigenvalue weighted by Gasteiger charge is 2.39. The molecule has 1 aliphatic carbocycles. The van der Waals surface area contributed by atoms with Crippen molar-refractivity contribution in [1.29, 1.82) is 0 Å². The Morgan fingerprint density at radius 3 is 2.62 bits per heavy atom. The molecule has 90 valence electrons. The maximum Gasteiger partial charge on any atom is 0.319 e. The van der Waals surface area contributed by atoms with E-state index in [4.69, 9.17) is 0 Å². The van der Waals surface area contributed by atoms with Gasteiger partial charge in [0, 0.05) is 17.8 Å². The predicted octanol–water partition coefficient (Wildman–Crippen LogP) is 2.84. The van der Waals surface area contributed by atoms with E-state index < -0.39 is 12.6 Å². The first-order chi connectivity index (χ1) is 7.60. The Hall–Kier alpha value is -1.00. The summed E-state index contributed by atoms with van der Waals surface area (Å²) >= 11 is 0. The van der Waals surface area contributed by atoms with Gasteiger partial charge in [0.25, 0.3) is 0 Å². The molecule has 2 nitrogen and oxygen atoms in total. The predicted molar refractivity (Wildman–Crippen MR) is 54.4 cm³/mol. The van der Waals surface area contributed by atoms with E-state index in [0.717, 1.165) is 25.0 Å². The van der Waals surface area contributed by atoms with Crippen LogP contribution in [0.3, 0.4) is 0 Å². The molecule has 0 radical (unpaired) electrons. The summed E-state index contributed by atoms with van der Waals surface area (Å²) in [6.45, 7) is 0.754. The van der Waals surface area contributed by atoms with Gasteiger partial charge in [0.05, 0.1) is 0 Å². The molecule has 0 unspecified atom stereocenters. The molecule has 1 aliphatic rings. The molecule has 0 bridgehead atoms. The van der Waals surface area contributed by atoms with Gasteiger partial charge in [0.1, 0.15) is 5.69 Å². The largest absolute Gasteiger partial charge is 0.319 e. The Labute approximate surface area is 92.4 Å². The third-order valence-electron chi connectivity index (χ3n) is 3.07. The van der Waals surface area contributed by atoms with Crippen LogP contribution >= 0.6 is 0 Å². The van der Waals surface area contributed by atoms with Crippen LogP contribution in [0, 0.1) is 0 Å². The Kier molecular flexibility index (Phi) is 2.95. The van der Waals surface area contributed by atoms with Crippen LogP contribution in [0.25, 0.3) is 0 Å². The Morgan fingerprint density at radius 1 is 1.31 bits per heavy atom. The van der Waals surface area contributed by atoms with Crippen LogP contribution in [0.1, 0.15) is 36.7 Å². The molecule has 0 atom stereocenters. The maximum absolute atomic E-state index is 13.4. The quantitative estimate of drug-likeness (QED) is 0.783. The molecule has 0 spiro atoms. The van der Waals surface area contributed by atoms with Crippen molar-refractivity contribution in [3.8, 4) is 0 Å². The van der Waals surface area contributed by atoms with Gasteiger partial charge < -0.3 is 0 Å². The van der Waals surface area contributed by atoms with Crippen LogP contribution in [0.15, 0.2) is 0 Å². The highest BCUT2D eigenvalue weighted by atomic mass is 19.3. The van der Waals surface area contributed by atoms with Gasteiger partial charge in [0.15, 0.2) is 6.67 Å². The summed E-state index contributed by atoms with van der Waals surface area (Å²) in [5.41, 5.74) is 1.11. The Balaban J connectivity index is 2.50. The summed E-state index contributed by atoms with van der Waals surface area (Å²) in [6, 6.07) is 0. The number of hydrogen-bond acceptors (Lipinski definition) is 1. The van der Waals surface area contributed by atoms with Gasteiger partial charge in [-0.15, -0.1) is 0 Å². The Bertz CT molecular complexity index is 385. The van der Waals surface area contributed by atoms with Crippen molar-refractivity contribution in [3.05, 3.63) is 17.0 Å². The van der Waals surface area contributed by atoms with Crippen molar-refractivity contribution in [1.82, 2.24) is 9.78 Å². The smallest absolute Gasteiger partial charge is 0.269 e. The van der Waals surface area contributed by atoms with Gasteiger partial charge >= 0.3 is 5.92 Å². The fraction of sp³-hybridized carbons (Fsp3) is 0.727. The van der Waals surface area contributed by atoms with E-state index in [0.29, 0.717) is 18.5 Å². The summed E-state index contributed by atoms with van der Waals surface area (Å²) in [4.78, 5) is 0. The van der Waals surface area contributed by atoms with Gasteiger partial charge in [-0.1, -0.05) is 0 Å². The van der Waals surface area contributed by atoms with Gasteiger partial charge in [-0.25, -0.2) is 4.39 Å². The van der Waals surface area contributed by atoms with Crippen molar-refractivity contribution in [2.45, 2.75) is 45.1 Å². The van der Waals surface area contributed by atoms with Gasteiger partial charge in [0.2, 0.25) is 0 Å². The number of aryl methyl sites for hydroxylation is 1. The molecule has 0 fully saturated rings. The fourth-order valence-electron chi connectivity index (χ4n) is 2.29. The zero-order valence-electron chi connectivity index (χ0n) is 9.27. The molecule has 0 saturated carbocycles.